The largest absolute Gasteiger partial charge is 0.376 e. The van der Waals surface area contributed by atoms with Gasteiger partial charge in [0.15, 0.2) is 5.69 Å². The van der Waals surface area contributed by atoms with Crippen molar-refractivity contribution in [2.75, 3.05) is 32.5 Å². The molecule has 1 aromatic heterocycles. The van der Waals surface area contributed by atoms with Gasteiger partial charge in [0.25, 0.3) is 5.91 Å². The first-order valence-electron chi connectivity index (χ1n) is 7.12. The number of sulfonamides is 1. The van der Waals surface area contributed by atoms with Crippen LogP contribution in [0.3, 0.4) is 0 Å². The average Bonchev–Trinajstić information content (AvgIpc) is 3.09. The number of hydrogen-bond acceptors (Lipinski definition) is 6. The molecule has 22 heavy (non-hydrogen) atoms. The van der Waals surface area contributed by atoms with Crippen molar-refractivity contribution in [3.8, 4) is 0 Å². The van der Waals surface area contributed by atoms with Gasteiger partial charge in [-0.2, -0.15) is 0 Å². The zero-order valence-electron chi connectivity index (χ0n) is 12.5. The van der Waals surface area contributed by atoms with Crippen LogP contribution in [0.2, 0.25) is 0 Å². The van der Waals surface area contributed by atoms with Gasteiger partial charge in [-0.25, -0.2) is 13.1 Å². The van der Waals surface area contributed by atoms with Crippen LogP contribution in [0.1, 0.15) is 16.2 Å². The van der Waals surface area contributed by atoms with E-state index in [1.54, 1.807) is 17.9 Å². The van der Waals surface area contributed by atoms with Crippen molar-refractivity contribution >= 4 is 15.9 Å². The number of likely N-dealkylation sites (tertiary alicyclic amines) is 1. The van der Waals surface area contributed by atoms with Crippen LogP contribution in [0.4, 0.5) is 0 Å². The maximum absolute atomic E-state index is 12.4. The number of nitrogens with one attached hydrogen (secondary N) is 1. The van der Waals surface area contributed by atoms with E-state index in [1.165, 1.54) is 0 Å². The molecular formula is C13H19N3O5S. The van der Waals surface area contributed by atoms with E-state index < -0.39 is 10.0 Å². The Morgan fingerprint density at radius 1 is 1.50 bits per heavy atom. The van der Waals surface area contributed by atoms with Crippen molar-refractivity contribution in [3.05, 3.63) is 17.5 Å². The minimum absolute atomic E-state index is 0.0386. The van der Waals surface area contributed by atoms with E-state index in [-0.39, 0.29) is 23.8 Å². The molecule has 3 rings (SSSR count). The van der Waals surface area contributed by atoms with Crippen LogP contribution < -0.4 is 4.72 Å². The Hall–Kier alpha value is -1.45. The van der Waals surface area contributed by atoms with Gasteiger partial charge < -0.3 is 14.2 Å². The first kappa shape index (κ1) is 15.4. The van der Waals surface area contributed by atoms with Crippen LogP contribution >= 0.6 is 0 Å². The fourth-order valence-corrected chi connectivity index (χ4v) is 3.58. The van der Waals surface area contributed by atoms with Crippen molar-refractivity contribution in [2.45, 2.75) is 13.0 Å². The predicted molar refractivity (Wildman–Crippen MR) is 76.7 cm³/mol. The lowest BCUT2D eigenvalue weighted by Gasteiger charge is -2.19. The van der Waals surface area contributed by atoms with Gasteiger partial charge >= 0.3 is 0 Å². The normalized spacial score (nSPS) is 28.1. The smallest absolute Gasteiger partial charge is 0.276 e. The lowest BCUT2D eigenvalue weighted by atomic mass is 9.93. The third-order valence-corrected chi connectivity index (χ3v) is 4.87. The van der Waals surface area contributed by atoms with Crippen LogP contribution in [0.25, 0.3) is 0 Å². The second-order valence-corrected chi connectivity index (χ2v) is 7.78. The van der Waals surface area contributed by atoms with E-state index in [2.05, 4.69) is 9.88 Å². The summed E-state index contributed by atoms with van der Waals surface area (Å²) in [5, 5.41) is 3.74. The molecule has 1 N–H and O–H groups in total. The van der Waals surface area contributed by atoms with E-state index in [0.29, 0.717) is 37.7 Å². The molecular weight excluding hydrogens is 310 g/mol. The van der Waals surface area contributed by atoms with Gasteiger partial charge in [0.1, 0.15) is 5.76 Å². The van der Waals surface area contributed by atoms with Crippen LogP contribution in [0, 0.1) is 18.8 Å². The summed E-state index contributed by atoms with van der Waals surface area (Å²) in [6.45, 7) is 3.64. The molecule has 0 aromatic carbocycles. The van der Waals surface area contributed by atoms with Crippen molar-refractivity contribution in [3.63, 3.8) is 0 Å². The molecule has 2 aliphatic heterocycles. The molecule has 9 heteroatoms. The van der Waals surface area contributed by atoms with Crippen molar-refractivity contribution in [1.29, 1.82) is 0 Å². The Bertz CT molecular complexity index is 671. The lowest BCUT2D eigenvalue weighted by Crippen LogP contribution is -2.35. The van der Waals surface area contributed by atoms with Gasteiger partial charge in [-0.1, -0.05) is 5.16 Å². The number of hydrogen-bond donors (Lipinski definition) is 1. The molecule has 3 atom stereocenters. The zero-order chi connectivity index (χ0) is 15.9. The highest BCUT2D eigenvalue weighted by molar-refractivity contribution is 7.88. The number of ether oxygens (including phenoxy) is 1. The molecule has 0 radical (unpaired) electrons. The Morgan fingerprint density at radius 2 is 2.27 bits per heavy atom. The molecule has 0 saturated carbocycles. The summed E-state index contributed by atoms with van der Waals surface area (Å²) in [7, 11) is -3.22. The molecule has 0 unspecified atom stereocenters. The minimum Gasteiger partial charge on any atom is -0.376 e. The number of fused-ring (bicyclic) bond motifs is 1. The molecule has 122 valence electrons. The summed E-state index contributed by atoms with van der Waals surface area (Å²) in [4.78, 5) is 14.0. The maximum atomic E-state index is 12.4. The highest BCUT2D eigenvalue weighted by Crippen LogP contribution is 2.34. The Kier molecular flexibility index (Phi) is 3.96. The molecule has 3 heterocycles. The Balaban J connectivity index is 1.63. The van der Waals surface area contributed by atoms with Gasteiger partial charge in [0.2, 0.25) is 10.0 Å². The SMILES string of the molecule is Cc1cc(C(=O)N2C[C@H]3[C@H](CNS(C)(=O)=O)CO[C@H]3C2)no1. The molecule has 8 nitrogen and oxygen atoms in total. The zero-order valence-corrected chi connectivity index (χ0v) is 13.3. The Labute approximate surface area is 128 Å². The number of aryl methyl sites for hydroxylation is 1. The van der Waals surface area contributed by atoms with Crippen LogP contribution in [-0.4, -0.2) is 63.0 Å². The minimum atomic E-state index is -3.22. The quantitative estimate of drug-likeness (QED) is 0.808. The van der Waals surface area contributed by atoms with E-state index >= 15 is 0 Å². The summed E-state index contributed by atoms with van der Waals surface area (Å²) in [6.07, 6.45) is 1.10. The average molecular weight is 329 g/mol. The van der Waals surface area contributed by atoms with Gasteiger partial charge in [-0.3, -0.25) is 4.79 Å². The molecule has 0 spiro atoms. The first-order valence-corrected chi connectivity index (χ1v) is 9.01. The van der Waals surface area contributed by atoms with Crippen LogP contribution in [0.15, 0.2) is 10.6 Å². The highest BCUT2D eigenvalue weighted by Gasteiger charge is 2.45. The van der Waals surface area contributed by atoms with Crippen molar-refractivity contribution in [2.24, 2.45) is 11.8 Å². The maximum Gasteiger partial charge on any atom is 0.276 e. The Morgan fingerprint density at radius 3 is 2.91 bits per heavy atom. The van der Waals surface area contributed by atoms with Crippen LogP contribution in [-0.2, 0) is 14.8 Å². The number of aromatic nitrogens is 1. The monoisotopic (exact) mass is 329 g/mol. The molecule has 0 bridgehead atoms. The molecule has 2 fully saturated rings. The standard InChI is InChI=1S/C13H19N3O5S/c1-8-3-11(15-21-8)13(17)16-5-10-9(4-14-22(2,18)19)7-20-12(10)6-16/h3,9-10,12,14H,4-7H2,1-2H3/t9-,10+,12+/m1/s1. The number of amides is 1. The van der Waals surface area contributed by atoms with Crippen molar-refractivity contribution in [1.82, 2.24) is 14.8 Å². The first-order chi connectivity index (χ1) is 10.3. The molecule has 2 aliphatic rings. The topological polar surface area (TPSA) is 102 Å². The van der Waals surface area contributed by atoms with E-state index in [0.717, 1.165) is 6.26 Å². The third-order valence-electron chi connectivity index (χ3n) is 4.18. The number of nitrogens with zero attached hydrogens (tertiary/aromatic N) is 2. The van der Waals surface area contributed by atoms with Gasteiger partial charge in [-0.15, -0.1) is 0 Å². The molecule has 2 saturated heterocycles. The third kappa shape index (κ3) is 3.16. The van der Waals surface area contributed by atoms with Crippen LogP contribution in [0.5, 0.6) is 0 Å². The predicted octanol–water partition coefficient (Wildman–Crippen LogP) is -0.381. The van der Waals surface area contributed by atoms with Gasteiger partial charge in [0.05, 0.1) is 19.0 Å². The van der Waals surface area contributed by atoms with Crippen molar-refractivity contribution < 1.29 is 22.5 Å². The van der Waals surface area contributed by atoms with E-state index in [9.17, 15) is 13.2 Å². The second kappa shape index (κ2) is 5.64. The number of carbonyl (C=O) groups is 1. The fraction of sp³-hybridized carbons (Fsp3) is 0.692. The van der Waals surface area contributed by atoms with Gasteiger partial charge in [0, 0.05) is 37.5 Å². The second-order valence-electron chi connectivity index (χ2n) is 5.95. The van der Waals surface area contributed by atoms with Gasteiger partial charge in [-0.05, 0) is 6.92 Å². The lowest BCUT2D eigenvalue weighted by molar-refractivity contribution is 0.0670. The summed E-state index contributed by atoms with van der Waals surface area (Å²) in [6, 6.07) is 1.61. The summed E-state index contributed by atoms with van der Waals surface area (Å²) in [5.74, 6) is 0.640. The summed E-state index contributed by atoms with van der Waals surface area (Å²) in [5.41, 5.74) is 0.295. The molecule has 0 aliphatic carbocycles. The number of rotatable bonds is 4. The van der Waals surface area contributed by atoms with E-state index in [1.807, 2.05) is 0 Å². The van der Waals surface area contributed by atoms with E-state index in [4.69, 9.17) is 9.26 Å². The molecule has 1 aromatic rings. The summed E-state index contributed by atoms with van der Waals surface area (Å²) >= 11 is 0. The molecule has 1 amide bonds. The highest BCUT2D eigenvalue weighted by atomic mass is 32.2. The fourth-order valence-electron chi connectivity index (χ4n) is 3.06. The summed E-state index contributed by atoms with van der Waals surface area (Å²) < 4.78 is 35.6. The number of carbonyl (C=O) groups excluding carboxylic acids is 1.